The number of methoxy groups -OCH3 is 1. The van der Waals surface area contributed by atoms with Gasteiger partial charge in [-0.05, 0) is 36.3 Å². The smallest absolute Gasteiger partial charge is 0.319 e. The Hall–Kier alpha value is -2.81. The molecule has 9 heteroatoms. The molecule has 0 saturated heterocycles. The minimum atomic E-state index is -0.616. The molecular weight excluding hydrogens is 388 g/mol. The van der Waals surface area contributed by atoms with Crippen molar-refractivity contribution in [3.05, 3.63) is 24.3 Å². The van der Waals surface area contributed by atoms with Gasteiger partial charge in [0.25, 0.3) is 5.91 Å². The molecule has 30 heavy (non-hydrogen) atoms. The lowest BCUT2D eigenvalue weighted by Crippen LogP contribution is -2.46. The SMILES string of the molecule is COc1ccccc1NC(=O)NCC(C)(C)CC(=O)N(CC(=O)NO)CC1CCC1. The van der Waals surface area contributed by atoms with Crippen molar-refractivity contribution in [1.82, 2.24) is 15.7 Å². The van der Waals surface area contributed by atoms with E-state index >= 15 is 0 Å². The van der Waals surface area contributed by atoms with Gasteiger partial charge in [0, 0.05) is 19.5 Å². The standard InChI is InChI=1S/C21H32N4O5/c1-21(2,14-22-20(28)23-16-9-4-5-10-17(16)30-3)11-19(27)25(13-18(26)24-29)12-15-7-6-8-15/h4-5,9-10,15,29H,6-8,11-14H2,1-3H3,(H,24,26)(H2,22,23,28). The highest BCUT2D eigenvalue weighted by molar-refractivity contribution is 5.91. The summed E-state index contributed by atoms with van der Waals surface area (Å²) in [5.41, 5.74) is 1.61. The number of hydrogen-bond acceptors (Lipinski definition) is 5. The van der Waals surface area contributed by atoms with Crippen LogP contribution in [0.5, 0.6) is 5.75 Å². The summed E-state index contributed by atoms with van der Waals surface area (Å²) in [4.78, 5) is 38.2. The van der Waals surface area contributed by atoms with Gasteiger partial charge in [0.05, 0.1) is 12.8 Å². The maximum atomic E-state index is 12.8. The van der Waals surface area contributed by atoms with Crippen LogP contribution in [0.3, 0.4) is 0 Å². The zero-order valence-electron chi connectivity index (χ0n) is 17.9. The second kappa shape index (κ2) is 10.8. The van der Waals surface area contributed by atoms with E-state index in [9.17, 15) is 14.4 Å². The second-order valence-corrected chi connectivity index (χ2v) is 8.46. The fourth-order valence-corrected chi connectivity index (χ4v) is 3.27. The van der Waals surface area contributed by atoms with Crippen LogP contribution in [0.15, 0.2) is 24.3 Å². The first-order valence-electron chi connectivity index (χ1n) is 10.1. The maximum absolute atomic E-state index is 12.8. The van der Waals surface area contributed by atoms with E-state index in [0.29, 0.717) is 23.9 Å². The molecule has 0 heterocycles. The molecule has 0 unspecified atom stereocenters. The third-order valence-corrected chi connectivity index (χ3v) is 5.23. The fraction of sp³-hybridized carbons (Fsp3) is 0.571. The Labute approximate surface area is 177 Å². The van der Waals surface area contributed by atoms with Gasteiger partial charge in [-0.1, -0.05) is 32.4 Å². The van der Waals surface area contributed by atoms with E-state index in [4.69, 9.17) is 9.94 Å². The van der Waals surface area contributed by atoms with Crippen molar-refractivity contribution in [3.8, 4) is 5.75 Å². The van der Waals surface area contributed by atoms with Crippen LogP contribution >= 0.6 is 0 Å². The number of para-hydroxylation sites is 2. The number of nitrogens with zero attached hydrogens (tertiary/aromatic N) is 1. The lowest BCUT2D eigenvalue weighted by molar-refractivity contribution is -0.141. The number of carbonyl (C=O) groups excluding carboxylic acids is 3. The van der Waals surface area contributed by atoms with Gasteiger partial charge in [-0.3, -0.25) is 14.8 Å². The van der Waals surface area contributed by atoms with Crippen molar-refractivity contribution < 1.29 is 24.3 Å². The molecule has 4 N–H and O–H groups in total. The first-order chi connectivity index (χ1) is 14.2. The lowest BCUT2D eigenvalue weighted by atomic mass is 9.84. The molecule has 166 valence electrons. The number of hydrogen-bond donors (Lipinski definition) is 4. The van der Waals surface area contributed by atoms with E-state index in [-0.39, 0.29) is 25.4 Å². The van der Waals surface area contributed by atoms with Crippen LogP contribution in [0.4, 0.5) is 10.5 Å². The zero-order chi connectivity index (χ0) is 22.1. The average molecular weight is 421 g/mol. The third kappa shape index (κ3) is 7.22. The second-order valence-electron chi connectivity index (χ2n) is 8.46. The monoisotopic (exact) mass is 420 g/mol. The first kappa shape index (κ1) is 23.5. The van der Waals surface area contributed by atoms with Crippen molar-refractivity contribution in [2.24, 2.45) is 11.3 Å². The molecule has 0 aromatic heterocycles. The van der Waals surface area contributed by atoms with E-state index in [1.165, 1.54) is 12.0 Å². The molecule has 4 amide bonds. The number of anilines is 1. The Balaban J connectivity index is 1.88. The number of hydroxylamine groups is 1. The Kier molecular flexibility index (Phi) is 8.46. The number of rotatable bonds is 10. The number of ether oxygens (including phenoxy) is 1. The van der Waals surface area contributed by atoms with E-state index < -0.39 is 17.4 Å². The van der Waals surface area contributed by atoms with Crippen LogP contribution in [0, 0.1) is 11.3 Å². The minimum absolute atomic E-state index is 0.160. The molecule has 0 atom stereocenters. The summed E-state index contributed by atoms with van der Waals surface area (Å²) in [7, 11) is 1.53. The van der Waals surface area contributed by atoms with E-state index in [1.54, 1.807) is 23.7 Å². The van der Waals surface area contributed by atoms with Gasteiger partial charge in [0.2, 0.25) is 5.91 Å². The highest BCUT2D eigenvalue weighted by Crippen LogP contribution is 2.28. The van der Waals surface area contributed by atoms with Crippen molar-refractivity contribution in [2.75, 3.05) is 32.1 Å². The van der Waals surface area contributed by atoms with Gasteiger partial charge in [0.1, 0.15) is 12.3 Å². The lowest BCUT2D eigenvalue weighted by Gasteiger charge is -2.34. The van der Waals surface area contributed by atoms with Gasteiger partial charge in [0.15, 0.2) is 0 Å². The molecule has 1 aliphatic rings. The van der Waals surface area contributed by atoms with Crippen molar-refractivity contribution >= 4 is 23.5 Å². The summed E-state index contributed by atoms with van der Waals surface area (Å²) >= 11 is 0. The van der Waals surface area contributed by atoms with Crippen LogP contribution < -0.4 is 20.9 Å². The summed E-state index contributed by atoms with van der Waals surface area (Å²) in [6, 6.07) is 6.68. The molecule has 1 aromatic carbocycles. The predicted molar refractivity (Wildman–Crippen MR) is 112 cm³/mol. The highest BCUT2D eigenvalue weighted by atomic mass is 16.5. The third-order valence-electron chi connectivity index (χ3n) is 5.23. The molecule has 1 aliphatic carbocycles. The Morgan fingerprint density at radius 2 is 1.93 bits per heavy atom. The highest BCUT2D eigenvalue weighted by Gasteiger charge is 2.30. The number of benzene rings is 1. The van der Waals surface area contributed by atoms with Gasteiger partial charge < -0.3 is 20.3 Å². The molecule has 0 spiro atoms. The minimum Gasteiger partial charge on any atom is -0.495 e. The van der Waals surface area contributed by atoms with E-state index in [0.717, 1.165) is 19.3 Å². The van der Waals surface area contributed by atoms with Crippen LogP contribution in [0.2, 0.25) is 0 Å². The molecule has 1 fully saturated rings. The number of carbonyl (C=O) groups is 3. The Morgan fingerprint density at radius 1 is 1.23 bits per heavy atom. The summed E-state index contributed by atoms with van der Waals surface area (Å²) in [6.45, 7) is 4.35. The van der Waals surface area contributed by atoms with Crippen LogP contribution in [0.25, 0.3) is 0 Å². The van der Waals surface area contributed by atoms with Crippen LogP contribution in [0.1, 0.15) is 39.5 Å². The van der Waals surface area contributed by atoms with Gasteiger partial charge in [-0.2, -0.15) is 0 Å². The summed E-state index contributed by atoms with van der Waals surface area (Å²) in [5.74, 6) is 0.154. The van der Waals surface area contributed by atoms with Gasteiger partial charge in [-0.15, -0.1) is 0 Å². The molecule has 9 nitrogen and oxygen atoms in total. The number of nitrogens with one attached hydrogen (secondary N) is 3. The normalized spacial score (nSPS) is 13.7. The molecule has 0 aliphatic heterocycles. The van der Waals surface area contributed by atoms with E-state index in [1.807, 2.05) is 19.9 Å². The molecular formula is C21H32N4O5. The molecule has 0 bridgehead atoms. The van der Waals surface area contributed by atoms with Gasteiger partial charge >= 0.3 is 6.03 Å². The quantitative estimate of drug-likeness (QED) is 0.342. The van der Waals surface area contributed by atoms with Crippen molar-refractivity contribution in [1.29, 1.82) is 0 Å². The average Bonchev–Trinajstić information content (AvgIpc) is 2.68. The molecule has 0 radical (unpaired) electrons. The predicted octanol–water partition coefficient (Wildman–Crippen LogP) is 2.37. The van der Waals surface area contributed by atoms with Crippen LogP contribution in [-0.2, 0) is 9.59 Å². The first-order valence-corrected chi connectivity index (χ1v) is 10.1. The zero-order valence-corrected chi connectivity index (χ0v) is 17.9. The largest absolute Gasteiger partial charge is 0.495 e. The molecule has 1 saturated carbocycles. The Bertz CT molecular complexity index is 749. The fourth-order valence-electron chi connectivity index (χ4n) is 3.27. The number of amides is 4. The summed E-state index contributed by atoms with van der Waals surface area (Å²) < 4.78 is 5.21. The molecule has 2 rings (SSSR count). The van der Waals surface area contributed by atoms with Crippen molar-refractivity contribution in [2.45, 2.75) is 39.5 Å². The van der Waals surface area contributed by atoms with E-state index in [2.05, 4.69) is 10.6 Å². The Morgan fingerprint density at radius 3 is 2.53 bits per heavy atom. The maximum Gasteiger partial charge on any atom is 0.319 e. The van der Waals surface area contributed by atoms with Gasteiger partial charge in [-0.25, -0.2) is 10.3 Å². The molecule has 1 aromatic rings. The topological polar surface area (TPSA) is 120 Å². The summed E-state index contributed by atoms with van der Waals surface area (Å²) in [5, 5.41) is 14.3. The van der Waals surface area contributed by atoms with Crippen LogP contribution in [-0.4, -0.2) is 54.7 Å². The summed E-state index contributed by atoms with van der Waals surface area (Å²) in [6.07, 6.45) is 3.38. The number of urea groups is 1. The van der Waals surface area contributed by atoms with Crippen molar-refractivity contribution in [3.63, 3.8) is 0 Å².